The van der Waals surface area contributed by atoms with Gasteiger partial charge < -0.3 is 14.2 Å². The third-order valence-corrected chi connectivity index (χ3v) is 7.58. The fourth-order valence-corrected chi connectivity index (χ4v) is 5.10. The first-order valence-corrected chi connectivity index (χ1v) is 13.3. The maximum Gasteiger partial charge on any atom is 0.387 e. The molecule has 0 N–H and O–H groups in total. The lowest BCUT2D eigenvalue weighted by atomic mass is 9.99. The number of carbonyl (C=O) groups excluding carboxylic acids is 2. The van der Waals surface area contributed by atoms with Crippen molar-refractivity contribution in [2.75, 3.05) is 6.61 Å². The highest BCUT2D eigenvalue weighted by Crippen LogP contribution is 2.38. The Bertz CT molecular complexity index is 1250. The van der Waals surface area contributed by atoms with Gasteiger partial charge in [-0.15, -0.1) is 11.3 Å². The second-order valence-corrected chi connectivity index (χ2v) is 10.6. The lowest BCUT2D eigenvalue weighted by Crippen LogP contribution is -2.15. The standard InChI is InChI=1S/C27H24Cl2F2O5S/c1-2-15-9-20(28)19(21(29)10-15)12-23(35-26(33)25-8-6-18(13-32)37-25)17-5-7-22(36-27(30)31)24(11-17)34-14-16-3-4-16/h5-11,13,16,23,27H,2-4,12,14H2,1H3. The Hall–Kier alpha value is -2.68. The molecule has 0 radical (unpaired) electrons. The van der Waals surface area contributed by atoms with Crippen LogP contribution in [0, 0.1) is 5.92 Å². The van der Waals surface area contributed by atoms with Crippen LogP contribution in [-0.2, 0) is 17.6 Å². The van der Waals surface area contributed by atoms with Crippen LogP contribution in [0.3, 0.4) is 0 Å². The lowest BCUT2D eigenvalue weighted by molar-refractivity contribution is -0.0515. The van der Waals surface area contributed by atoms with Gasteiger partial charge in [0.2, 0.25) is 0 Å². The molecule has 1 aromatic heterocycles. The molecule has 37 heavy (non-hydrogen) atoms. The normalized spacial score (nSPS) is 13.9. The molecule has 1 unspecified atom stereocenters. The quantitative estimate of drug-likeness (QED) is 0.164. The van der Waals surface area contributed by atoms with E-state index in [1.54, 1.807) is 12.1 Å². The van der Waals surface area contributed by atoms with Gasteiger partial charge in [-0.1, -0.05) is 36.2 Å². The SMILES string of the molecule is CCc1cc(Cl)c(CC(OC(=O)c2ccc(C=O)s2)c2ccc(OC(F)F)c(OCC3CC3)c2)c(Cl)c1. The Labute approximate surface area is 227 Å². The predicted molar refractivity (Wildman–Crippen MR) is 139 cm³/mol. The number of benzene rings is 2. The summed E-state index contributed by atoms with van der Waals surface area (Å²) in [4.78, 5) is 24.7. The summed E-state index contributed by atoms with van der Waals surface area (Å²) in [6.45, 7) is -0.677. The Morgan fingerprint density at radius 2 is 1.84 bits per heavy atom. The Morgan fingerprint density at radius 1 is 1.11 bits per heavy atom. The van der Waals surface area contributed by atoms with Gasteiger partial charge in [0.25, 0.3) is 0 Å². The molecule has 1 saturated carbocycles. The van der Waals surface area contributed by atoms with Crippen LogP contribution in [0.4, 0.5) is 8.78 Å². The summed E-state index contributed by atoms with van der Waals surface area (Å²) in [6.07, 6.45) is 2.65. The summed E-state index contributed by atoms with van der Waals surface area (Å²) in [5.41, 5.74) is 2.02. The van der Waals surface area contributed by atoms with Gasteiger partial charge in [0.15, 0.2) is 17.8 Å². The molecule has 0 aliphatic heterocycles. The first kappa shape index (κ1) is 27.4. The number of halogens is 4. The van der Waals surface area contributed by atoms with Crippen LogP contribution in [0.15, 0.2) is 42.5 Å². The van der Waals surface area contributed by atoms with Crippen LogP contribution in [0.1, 0.15) is 61.9 Å². The second-order valence-electron chi connectivity index (χ2n) is 8.65. The van der Waals surface area contributed by atoms with Gasteiger partial charge in [-0.3, -0.25) is 4.79 Å². The first-order chi connectivity index (χ1) is 17.8. The van der Waals surface area contributed by atoms with Crippen LogP contribution in [0.5, 0.6) is 11.5 Å². The van der Waals surface area contributed by atoms with Crippen LogP contribution in [-0.4, -0.2) is 25.5 Å². The molecule has 0 bridgehead atoms. The average Bonchev–Trinajstić information content (AvgIpc) is 3.57. The molecule has 1 atom stereocenters. The zero-order chi connectivity index (χ0) is 26.5. The van der Waals surface area contributed by atoms with Crippen LogP contribution < -0.4 is 9.47 Å². The topological polar surface area (TPSA) is 61.8 Å². The monoisotopic (exact) mass is 568 g/mol. The van der Waals surface area contributed by atoms with Crippen LogP contribution in [0.25, 0.3) is 0 Å². The summed E-state index contributed by atoms with van der Waals surface area (Å²) < 4.78 is 42.3. The van der Waals surface area contributed by atoms with Gasteiger partial charge in [-0.05, 0) is 78.3 Å². The largest absolute Gasteiger partial charge is 0.489 e. The fourth-order valence-electron chi connectivity index (χ4n) is 3.70. The minimum absolute atomic E-state index is 0.110. The van der Waals surface area contributed by atoms with Crippen molar-refractivity contribution in [3.8, 4) is 11.5 Å². The number of thiophene rings is 1. The van der Waals surface area contributed by atoms with E-state index >= 15 is 0 Å². The molecule has 1 heterocycles. The van der Waals surface area contributed by atoms with E-state index < -0.39 is 18.7 Å². The molecule has 1 aliphatic carbocycles. The van der Waals surface area contributed by atoms with Crippen molar-refractivity contribution >= 4 is 46.8 Å². The minimum Gasteiger partial charge on any atom is -0.489 e. The van der Waals surface area contributed by atoms with Crippen molar-refractivity contribution in [1.82, 2.24) is 0 Å². The van der Waals surface area contributed by atoms with Crippen molar-refractivity contribution in [3.05, 3.63) is 79.0 Å². The molecule has 3 aromatic rings. The van der Waals surface area contributed by atoms with Crippen molar-refractivity contribution in [3.63, 3.8) is 0 Å². The van der Waals surface area contributed by atoms with E-state index in [0.717, 1.165) is 36.2 Å². The number of carbonyl (C=O) groups is 2. The van der Waals surface area contributed by atoms with E-state index in [1.165, 1.54) is 30.3 Å². The molecule has 0 amide bonds. The summed E-state index contributed by atoms with van der Waals surface area (Å²) in [7, 11) is 0. The van der Waals surface area contributed by atoms with Gasteiger partial charge in [-0.25, -0.2) is 4.79 Å². The highest BCUT2D eigenvalue weighted by molar-refractivity contribution is 7.15. The van der Waals surface area contributed by atoms with Crippen LogP contribution >= 0.6 is 34.5 Å². The zero-order valence-electron chi connectivity index (χ0n) is 19.8. The Kier molecular flexibility index (Phi) is 9.05. The molecule has 196 valence electrons. The Balaban J connectivity index is 1.69. The molecule has 2 aromatic carbocycles. The van der Waals surface area contributed by atoms with E-state index in [1.807, 2.05) is 6.92 Å². The number of rotatable bonds is 12. The summed E-state index contributed by atoms with van der Waals surface area (Å²) in [5.74, 6) is -0.253. The number of hydrogen-bond donors (Lipinski definition) is 0. The molecule has 0 spiro atoms. The molecule has 5 nitrogen and oxygen atoms in total. The molecule has 0 saturated heterocycles. The van der Waals surface area contributed by atoms with E-state index in [9.17, 15) is 18.4 Å². The molecule has 4 rings (SSSR count). The maximum atomic E-state index is 13.0. The molecule has 1 aliphatic rings. The van der Waals surface area contributed by atoms with E-state index in [4.69, 9.17) is 32.7 Å². The zero-order valence-corrected chi connectivity index (χ0v) is 22.2. The molecular formula is C27H24Cl2F2O5S. The number of aldehydes is 1. The first-order valence-electron chi connectivity index (χ1n) is 11.7. The summed E-state index contributed by atoms with van der Waals surface area (Å²) in [5, 5.41) is 0.847. The highest BCUT2D eigenvalue weighted by Gasteiger charge is 2.26. The molecule has 10 heteroatoms. The summed E-state index contributed by atoms with van der Waals surface area (Å²) >= 11 is 14.1. The third kappa shape index (κ3) is 7.21. The third-order valence-electron chi connectivity index (χ3n) is 5.92. The van der Waals surface area contributed by atoms with Crippen molar-refractivity contribution in [2.45, 2.75) is 45.3 Å². The minimum atomic E-state index is -3.02. The van der Waals surface area contributed by atoms with Crippen molar-refractivity contribution in [2.24, 2.45) is 5.92 Å². The highest BCUT2D eigenvalue weighted by atomic mass is 35.5. The molecular weight excluding hydrogens is 545 g/mol. The van der Waals surface area contributed by atoms with Gasteiger partial charge >= 0.3 is 12.6 Å². The second kappa shape index (κ2) is 12.2. The van der Waals surface area contributed by atoms with E-state index in [2.05, 4.69) is 4.74 Å². The van der Waals surface area contributed by atoms with Crippen LogP contribution in [0.2, 0.25) is 10.0 Å². The van der Waals surface area contributed by atoms with Crippen molar-refractivity contribution in [1.29, 1.82) is 0 Å². The van der Waals surface area contributed by atoms with Gasteiger partial charge in [0.05, 0.1) is 11.5 Å². The Morgan fingerprint density at radius 3 is 2.43 bits per heavy atom. The van der Waals surface area contributed by atoms with Gasteiger partial charge in [0.1, 0.15) is 11.0 Å². The number of alkyl halides is 2. The smallest absolute Gasteiger partial charge is 0.387 e. The number of esters is 1. The van der Waals surface area contributed by atoms with E-state index in [-0.39, 0.29) is 22.8 Å². The summed E-state index contributed by atoms with van der Waals surface area (Å²) in [6, 6.07) is 11.1. The average molecular weight is 569 g/mol. The van der Waals surface area contributed by atoms with Gasteiger partial charge in [-0.2, -0.15) is 8.78 Å². The lowest BCUT2D eigenvalue weighted by Gasteiger charge is -2.22. The van der Waals surface area contributed by atoms with Gasteiger partial charge in [0, 0.05) is 16.5 Å². The molecule has 1 fully saturated rings. The predicted octanol–water partition coefficient (Wildman–Crippen LogP) is 7.96. The fraction of sp³-hybridized carbons (Fsp3) is 0.333. The number of ether oxygens (including phenoxy) is 3. The number of aryl methyl sites for hydroxylation is 1. The van der Waals surface area contributed by atoms with Crippen molar-refractivity contribution < 1.29 is 32.6 Å². The van der Waals surface area contributed by atoms with E-state index in [0.29, 0.717) is 44.9 Å². The number of hydrogen-bond acceptors (Lipinski definition) is 6. The maximum absolute atomic E-state index is 13.0.